The first kappa shape index (κ1) is 10.4. The second-order valence-corrected chi connectivity index (χ2v) is 5.63. The van der Waals surface area contributed by atoms with Crippen LogP contribution in [0.2, 0.25) is 5.02 Å². The molecule has 1 saturated heterocycles. The number of nitrogens with zero attached hydrogens (tertiary/aromatic N) is 2. The van der Waals surface area contributed by atoms with Crippen LogP contribution in [0, 0.1) is 0 Å². The van der Waals surface area contributed by atoms with Crippen LogP contribution in [-0.2, 0) is 0 Å². The molecule has 21 heavy (non-hydrogen) atoms. The Bertz CT molecular complexity index is 697. The summed E-state index contributed by atoms with van der Waals surface area (Å²) in [7, 11) is 0. The molecule has 110 valence electrons. The van der Waals surface area contributed by atoms with Crippen molar-refractivity contribution < 1.29 is 5.48 Å². The van der Waals surface area contributed by atoms with Gasteiger partial charge in [-0.1, -0.05) is 54.1 Å². The summed E-state index contributed by atoms with van der Waals surface area (Å²) in [5.41, 5.74) is 1.69. The zero-order chi connectivity index (χ0) is 18.1. The predicted octanol–water partition coefficient (Wildman–Crippen LogP) is 3.68. The van der Waals surface area contributed by atoms with E-state index in [1.807, 2.05) is 47.4 Å². The molecule has 3 heteroatoms. The zero-order valence-electron chi connectivity index (χ0n) is 15.8. The molecular formula is C18H21ClN2. The van der Waals surface area contributed by atoms with E-state index in [4.69, 9.17) is 15.7 Å². The second kappa shape index (κ2) is 6.61. The van der Waals surface area contributed by atoms with Crippen molar-refractivity contribution in [2.24, 2.45) is 0 Å². The fraction of sp³-hybridized carbons (Fsp3) is 0.333. The number of hydrogen-bond acceptors (Lipinski definition) is 2. The molecule has 2 aromatic carbocycles. The molecule has 0 N–H and O–H groups in total. The lowest BCUT2D eigenvalue weighted by molar-refractivity contribution is 0.127. The van der Waals surface area contributed by atoms with Crippen LogP contribution in [-0.4, -0.2) is 43.0 Å². The normalized spacial score (nSPS) is 23.5. The second-order valence-electron chi connectivity index (χ2n) is 5.20. The van der Waals surface area contributed by atoms with Gasteiger partial charge in [-0.3, -0.25) is 4.90 Å². The Hall–Kier alpha value is -1.35. The Morgan fingerprint density at radius 3 is 2.19 bits per heavy atom. The van der Waals surface area contributed by atoms with Crippen molar-refractivity contribution >= 4 is 11.6 Å². The summed E-state index contributed by atoms with van der Waals surface area (Å²) < 4.78 is 32.1. The monoisotopic (exact) mass is 304 g/mol. The van der Waals surface area contributed by atoms with Crippen molar-refractivity contribution in [2.75, 3.05) is 33.2 Å². The van der Waals surface area contributed by atoms with Crippen molar-refractivity contribution in [1.29, 1.82) is 0 Å². The van der Waals surface area contributed by atoms with Crippen LogP contribution in [0.1, 0.15) is 22.6 Å². The molecule has 0 bridgehead atoms. The number of piperazine rings is 1. The molecule has 0 radical (unpaired) electrons. The van der Waals surface area contributed by atoms with E-state index in [0.717, 1.165) is 11.1 Å². The average Bonchev–Trinajstić information content (AvgIpc) is 2.62. The van der Waals surface area contributed by atoms with Crippen molar-refractivity contribution in [1.82, 2.24) is 9.80 Å². The van der Waals surface area contributed by atoms with E-state index in [1.165, 1.54) is 4.90 Å². The molecule has 1 fully saturated rings. The topological polar surface area (TPSA) is 6.48 Å². The number of hydrogen-bond donors (Lipinski definition) is 0. The van der Waals surface area contributed by atoms with Gasteiger partial charge in [0.2, 0.25) is 0 Å². The van der Waals surface area contributed by atoms with Crippen LogP contribution in [0.5, 0.6) is 0 Å². The first-order valence-electron chi connectivity index (χ1n) is 9.13. The zero-order valence-corrected chi connectivity index (χ0v) is 12.6. The van der Waals surface area contributed by atoms with E-state index in [1.54, 1.807) is 12.1 Å². The van der Waals surface area contributed by atoms with E-state index in [9.17, 15) is 1.37 Å². The van der Waals surface area contributed by atoms with Crippen LogP contribution < -0.4 is 0 Å². The summed E-state index contributed by atoms with van der Waals surface area (Å²) in [6.07, 6.45) is 0. The highest BCUT2D eigenvalue weighted by Crippen LogP contribution is 2.30. The predicted molar refractivity (Wildman–Crippen MR) is 88.8 cm³/mol. The summed E-state index contributed by atoms with van der Waals surface area (Å²) in [6.45, 7) is -0.224. The molecule has 0 aromatic heterocycles. The Balaban J connectivity index is 1.95. The number of benzene rings is 2. The van der Waals surface area contributed by atoms with Gasteiger partial charge in [-0.15, -0.1) is 0 Å². The Morgan fingerprint density at radius 2 is 1.57 bits per heavy atom. The highest BCUT2D eigenvalue weighted by Gasteiger charge is 2.25. The molecule has 1 heterocycles. The first-order chi connectivity index (χ1) is 11.8. The lowest BCUT2D eigenvalue weighted by Crippen LogP contribution is -2.46. The summed E-state index contributed by atoms with van der Waals surface area (Å²) in [4.78, 5) is 3.53. The van der Waals surface area contributed by atoms with Gasteiger partial charge >= 0.3 is 0 Å². The highest BCUT2D eigenvalue weighted by molar-refractivity contribution is 6.30. The fourth-order valence-electron chi connectivity index (χ4n) is 2.67. The minimum absolute atomic E-state index is 0.414. The molecular weight excluding hydrogens is 280 g/mol. The van der Waals surface area contributed by atoms with Gasteiger partial charge in [-0.2, -0.15) is 0 Å². The molecule has 1 aliphatic rings. The average molecular weight is 305 g/mol. The van der Waals surface area contributed by atoms with Crippen molar-refractivity contribution in [2.45, 2.75) is 6.02 Å². The van der Waals surface area contributed by atoms with Gasteiger partial charge < -0.3 is 4.90 Å². The minimum atomic E-state index is -2.08. The first-order valence-corrected chi connectivity index (χ1v) is 7.51. The number of halogens is 1. The molecule has 0 saturated carbocycles. The molecule has 1 unspecified atom stereocenters. The largest absolute Gasteiger partial charge is 0.304 e. The third kappa shape index (κ3) is 3.46. The van der Waals surface area contributed by atoms with Gasteiger partial charge in [0.05, 0.1) is 7.39 Å². The molecule has 0 aliphatic carbocycles. The molecule has 0 amide bonds. The lowest BCUT2D eigenvalue weighted by atomic mass is 9.96. The maximum atomic E-state index is 9.31. The molecule has 2 aromatic rings. The third-order valence-electron chi connectivity index (χ3n) is 3.76. The third-order valence-corrected chi connectivity index (χ3v) is 4.01. The van der Waals surface area contributed by atoms with Crippen molar-refractivity contribution in [3.63, 3.8) is 0 Å². The Labute approximate surface area is 137 Å². The lowest BCUT2D eigenvalue weighted by Gasteiger charge is -2.38. The maximum absolute atomic E-state index is 9.31. The number of rotatable bonds is 3. The van der Waals surface area contributed by atoms with E-state index in [2.05, 4.69) is 0 Å². The van der Waals surface area contributed by atoms with Crippen LogP contribution in [0.15, 0.2) is 54.6 Å². The van der Waals surface area contributed by atoms with E-state index >= 15 is 0 Å². The summed E-state index contributed by atoms with van der Waals surface area (Å²) in [5, 5.41) is 0.631. The van der Waals surface area contributed by atoms with E-state index in [-0.39, 0.29) is 0 Å². The summed E-state index contributed by atoms with van der Waals surface area (Å²) >= 11 is 6.02. The molecule has 2 nitrogen and oxygen atoms in total. The fourth-order valence-corrected chi connectivity index (χ4v) is 2.79. The molecule has 1 atom stereocenters. The number of likely N-dealkylation sites (N-methyl/N-ethyl adjacent to an activating group) is 1. The molecule has 0 spiro atoms. The van der Waals surface area contributed by atoms with Gasteiger partial charge in [0, 0.05) is 35.3 Å². The highest BCUT2D eigenvalue weighted by atomic mass is 35.5. The minimum Gasteiger partial charge on any atom is -0.304 e. The standard InChI is InChI=1S/C18H21ClN2/c1-20-11-13-21(14-12-20)18(15-5-3-2-4-6-15)16-7-9-17(19)10-8-16/h2-10,18H,11-14H2,1H3/i1D3,18D. The molecule has 1 aliphatic heterocycles. The van der Waals surface area contributed by atoms with Gasteiger partial charge in [0.25, 0.3) is 0 Å². The Morgan fingerprint density at radius 1 is 0.952 bits per heavy atom. The van der Waals surface area contributed by atoms with Crippen molar-refractivity contribution in [3.05, 3.63) is 70.7 Å². The van der Waals surface area contributed by atoms with Gasteiger partial charge in [-0.25, -0.2) is 0 Å². The van der Waals surface area contributed by atoms with Gasteiger partial charge in [0.15, 0.2) is 0 Å². The van der Waals surface area contributed by atoms with Crippen LogP contribution >= 0.6 is 11.6 Å². The Kier molecular flexibility index (Phi) is 3.27. The smallest absolute Gasteiger partial charge is 0.0602 e. The van der Waals surface area contributed by atoms with Gasteiger partial charge in [-0.05, 0) is 30.2 Å². The van der Waals surface area contributed by atoms with Crippen LogP contribution in [0.3, 0.4) is 0 Å². The summed E-state index contributed by atoms with van der Waals surface area (Å²) in [5.74, 6) is 0. The summed E-state index contributed by atoms with van der Waals surface area (Å²) in [6, 6.07) is 15.9. The SMILES string of the molecule is [2H]C([2H])([2H])N1CCN(C([2H])(c2ccccc2)c2ccc(Cl)cc2)CC1. The van der Waals surface area contributed by atoms with Gasteiger partial charge in [0.1, 0.15) is 0 Å². The van der Waals surface area contributed by atoms with Crippen molar-refractivity contribution in [3.8, 4) is 0 Å². The van der Waals surface area contributed by atoms with Crippen LogP contribution in [0.25, 0.3) is 0 Å². The van der Waals surface area contributed by atoms with E-state index < -0.39 is 13.0 Å². The molecule has 3 rings (SSSR count). The quantitative estimate of drug-likeness (QED) is 0.853. The van der Waals surface area contributed by atoms with Crippen LogP contribution in [0.4, 0.5) is 0 Å². The maximum Gasteiger partial charge on any atom is 0.0602 e. The van der Waals surface area contributed by atoms with E-state index in [0.29, 0.717) is 31.2 Å².